The fraction of sp³-hybridized carbons (Fsp3) is 0.444. The van der Waals surface area contributed by atoms with Crippen molar-refractivity contribution in [3.63, 3.8) is 0 Å². The smallest absolute Gasteiger partial charge is 0.322 e. The molecule has 0 aliphatic heterocycles. The van der Waals surface area contributed by atoms with E-state index >= 15 is 0 Å². The highest BCUT2D eigenvalue weighted by molar-refractivity contribution is 7.89. The van der Waals surface area contributed by atoms with Crippen LogP contribution in [0.1, 0.15) is 43.6 Å². The normalized spacial score (nSPS) is 21.6. The first-order valence-corrected chi connectivity index (χ1v) is 10.1. The molecule has 1 aliphatic carbocycles. The number of sulfonamides is 1. The SMILES string of the molecule is CC1CCC(c2cc(CC(NS(=O)(=O)c3ccccc3)C(=O)O)no2)C1. The summed E-state index contributed by atoms with van der Waals surface area (Å²) in [4.78, 5) is 11.6. The van der Waals surface area contributed by atoms with Gasteiger partial charge < -0.3 is 9.63 Å². The lowest BCUT2D eigenvalue weighted by Crippen LogP contribution is -2.42. The molecule has 26 heavy (non-hydrogen) atoms. The Hall–Kier alpha value is -2.19. The zero-order valence-electron chi connectivity index (χ0n) is 14.5. The van der Waals surface area contributed by atoms with Crippen LogP contribution in [-0.2, 0) is 21.2 Å². The molecule has 8 heteroatoms. The second kappa shape index (κ2) is 7.59. The van der Waals surface area contributed by atoms with Crippen molar-refractivity contribution in [3.05, 3.63) is 47.9 Å². The van der Waals surface area contributed by atoms with Crippen molar-refractivity contribution >= 4 is 16.0 Å². The van der Waals surface area contributed by atoms with Crippen LogP contribution >= 0.6 is 0 Å². The standard InChI is InChI=1S/C18H22N2O5S/c1-12-7-8-13(9-12)17-11-14(19-25-17)10-16(18(21)22)20-26(23,24)15-5-3-2-4-6-15/h2-6,11-13,16,20H,7-10H2,1H3,(H,21,22). The molecule has 0 radical (unpaired) electrons. The summed E-state index contributed by atoms with van der Waals surface area (Å²) in [6.45, 7) is 2.19. The van der Waals surface area contributed by atoms with Gasteiger partial charge in [-0.2, -0.15) is 4.72 Å². The summed E-state index contributed by atoms with van der Waals surface area (Å²) in [5, 5.41) is 13.4. The van der Waals surface area contributed by atoms with Crippen molar-refractivity contribution in [2.75, 3.05) is 0 Å². The van der Waals surface area contributed by atoms with E-state index in [1.165, 1.54) is 12.1 Å². The molecule has 3 rings (SSSR count). The molecular formula is C18H22N2O5S. The van der Waals surface area contributed by atoms with Gasteiger partial charge in [0, 0.05) is 18.4 Å². The van der Waals surface area contributed by atoms with Gasteiger partial charge in [-0.15, -0.1) is 0 Å². The molecule has 0 bridgehead atoms. The summed E-state index contributed by atoms with van der Waals surface area (Å²) >= 11 is 0. The van der Waals surface area contributed by atoms with Gasteiger partial charge in [-0.25, -0.2) is 8.42 Å². The van der Waals surface area contributed by atoms with Gasteiger partial charge in [0.25, 0.3) is 0 Å². The van der Waals surface area contributed by atoms with E-state index in [0.717, 1.165) is 25.0 Å². The lowest BCUT2D eigenvalue weighted by molar-refractivity contribution is -0.138. The van der Waals surface area contributed by atoms with Crippen LogP contribution in [0.2, 0.25) is 0 Å². The van der Waals surface area contributed by atoms with Crippen LogP contribution in [0.5, 0.6) is 0 Å². The summed E-state index contributed by atoms with van der Waals surface area (Å²) in [6.07, 6.45) is 3.11. The Balaban J connectivity index is 1.71. The summed E-state index contributed by atoms with van der Waals surface area (Å²) in [5.74, 6) is 0.427. The third-order valence-corrected chi connectivity index (χ3v) is 6.22. The molecule has 1 fully saturated rings. The number of hydrogen-bond acceptors (Lipinski definition) is 5. The highest BCUT2D eigenvalue weighted by Gasteiger charge is 2.29. The Morgan fingerprint density at radius 1 is 1.35 bits per heavy atom. The van der Waals surface area contributed by atoms with Crippen molar-refractivity contribution in [3.8, 4) is 0 Å². The highest BCUT2D eigenvalue weighted by Crippen LogP contribution is 2.38. The third-order valence-electron chi connectivity index (χ3n) is 4.74. The van der Waals surface area contributed by atoms with Gasteiger partial charge in [0.1, 0.15) is 11.8 Å². The third kappa shape index (κ3) is 4.31. The van der Waals surface area contributed by atoms with Gasteiger partial charge in [-0.3, -0.25) is 4.79 Å². The molecule has 7 nitrogen and oxygen atoms in total. The number of hydrogen-bond donors (Lipinski definition) is 2. The van der Waals surface area contributed by atoms with Gasteiger partial charge in [0.15, 0.2) is 0 Å². The average Bonchev–Trinajstić information content (AvgIpc) is 3.24. The average molecular weight is 378 g/mol. The van der Waals surface area contributed by atoms with E-state index in [-0.39, 0.29) is 11.3 Å². The predicted octanol–water partition coefficient (Wildman–Crippen LogP) is 2.55. The summed E-state index contributed by atoms with van der Waals surface area (Å²) in [5.41, 5.74) is 0.433. The maximum Gasteiger partial charge on any atom is 0.322 e. The van der Waals surface area contributed by atoms with E-state index in [0.29, 0.717) is 17.5 Å². The van der Waals surface area contributed by atoms with E-state index in [1.54, 1.807) is 24.3 Å². The van der Waals surface area contributed by atoms with Crippen LogP contribution in [0.3, 0.4) is 0 Å². The van der Waals surface area contributed by atoms with Gasteiger partial charge in [0.05, 0.1) is 10.6 Å². The van der Waals surface area contributed by atoms with Gasteiger partial charge >= 0.3 is 5.97 Å². The first-order valence-electron chi connectivity index (χ1n) is 8.61. The Morgan fingerprint density at radius 2 is 2.08 bits per heavy atom. The Bertz CT molecular complexity index is 863. The quantitative estimate of drug-likeness (QED) is 0.766. The summed E-state index contributed by atoms with van der Waals surface area (Å²) < 4.78 is 32.3. The van der Waals surface area contributed by atoms with Gasteiger partial charge in [-0.05, 0) is 37.3 Å². The van der Waals surface area contributed by atoms with Crippen LogP contribution in [-0.4, -0.2) is 30.7 Å². The number of nitrogens with one attached hydrogen (secondary N) is 1. The minimum Gasteiger partial charge on any atom is -0.480 e. The van der Waals surface area contributed by atoms with Crippen molar-refractivity contribution in [2.24, 2.45) is 5.92 Å². The first-order chi connectivity index (χ1) is 12.3. The minimum atomic E-state index is -3.93. The zero-order valence-corrected chi connectivity index (χ0v) is 15.3. The van der Waals surface area contributed by atoms with Crippen molar-refractivity contribution in [1.29, 1.82) is 0 Å². The molecule has 0 spiro atoms. The lowest BCUT2D eigenvalue weighted by atomic mass is 10.0. The maximum atomic E-state index is 12.4. The number of carbonyl (C=O) groups is 1. The Kier molecular flexibility index (Phi) is 5.43. The molecule has 2 N–H and O–H groups in total. The minimum absolute atomic E-state index is 0.0204. The van der Waals surface area contributed by atoms with Crippen LogP contribution < -0.4 is 4.72 Å². The van der Waals surface area contributed by atoms with Crippen LogP contribution in [0.4, 0.5) is 0 Å². The van der Waals surface area contributed by atoms with E-state index in [2.05, 4.69) is 16.8 Å². The molecular weight excluding hydrogens is 356 g/mol. The van der Waals surface area contributed by atoms with E-state index in [1.807, 2.05) is 0 Å². The molecule has 2 aromatic rings. The second-order valence-corrected chi connectivity index (χ2v) is 8.58. The topological polar surface area (TPSA) is 110 Å². The molecule has 1 saturated carbocycles. The Morgan fingerprint density at radius 3 is 2.69 bits per heavy atom. The largest absolute Gasteiger partial charge is 0.480 e. The number of benzene rings is 1. The molecule has 1 aromatic heterocycles. The molecule has 1 aromatic carbocycles. The molecule has 140 valence electrons. The number of rotatable bonds is 7. The zero-order chi connectivity index (χ0) is 18.7. The second-order valence-electron chi connectivity index (χ2n) is 6.87. The van der Waals surface area contributed by atoms with Gasteiger partial charge in [0.2, 0.25) is 10.0 Å². The van der Waals surface area contributed by atoms with Crippen LogP contribution in [0.25, 0.3) is 0 Å². The van der Waals surface area contributed by atoms with E-state index < -0.39 is 22.0 Å². The van der Waals surface area contributed by atoms with Crippen molar-refractivity contribution < 1.29 is 22.8 Å². The number of carboxylic acid groups (broad SMARTS) is 1. The van der Waals surface area contributed by atoms with E-state index in [9.17, 15) is 18.3 Å². The molecule has 0 saturated heterocycles. The van der Waals surface area contributed by atoms with Crippen LogP contribution in [0, 0.1) is 5.92 Å². The molecule has 1 heterocycles. The summed E-state index contributed by atoms with van der Waals surface area (Å²) in [6, 6.07) is 8.10. The molecule has 3 unspecified atom stereocenters. The van der Waals surface area contributed by atoms with Crippen molar-refractivity contribution in [2.45, 2.75) is 49.5 Å². The summed E-state index contributed by atoms with van der Waals surface area (Å²) in [7, 11) is -3.93. The van der Waals surface area contributed by atoms with E-state index in [4.69, 9.17) is 4.52 Å². The fourth-order valence-electron chi connectivity index (χ4n) is 3.33. The highest BCUT2D eigenvalue weighted by atomic mass is 32.2. The predicted molar refractivity (Wildman–Crippen MR) is 94.2 cm³/mol. The Labute approximate surface area is 152 Å². The monoisotopic (exact) mass is 378 g/mol. The lowest BCUT2D eigenvalue weighted by Gasteiger charge is -2.13. The van der Waals surface area contributed by atoms with Crippen LogP contribution in [0.15, 0.2) is 45.8 Å². The number of aromatic nitrogens is 1. The molecule has 3 atom stereocenters. The van der Waals surface area contributed by atoms with Gasteiger partial charge in [-0.1, -0.05) is 30.3 Å². The molecule has 0 amide bonds. The molecule has 1 aliphatic rings. The maximum absolute atomic E-state index is 12.4. The first kappa shape index (κ1) is 18.6. The fourth-order valence-corrected chi connectivity index (χ4v) is 4.54. The van der Waals surface area contributed by atoms with Crippen molar-refractivity contribution in [1.82, 2.24) is 9.88 Å². The number of carboxylic acids is 1. The number of nitrogens with zero attached hydrogens (tertiary/aromatic N) is 1. The number of aliphatic carboxylic acids is 1.